The van der Waals surface area contributed by atoms with Crippen molar-refractivity contribution in [2.75, 3.05) is 20.2 Å². The van der Waals surface area contributed by atoms with Gasteiger partial charge >= 0.3 is 0 Å². The Balaban J connectivity index is 1.87. The normalized spacial score (nSPS) is 19.7. The Morgan fingerprint density at radius 1 is 1.04 bits per heavy atom. The molecule has 0 saturated carbocycles. The summed E-state index contributed by atoms with van der Waals surface area (Å²) in [6.07, 6.45) is 5.09. The molecule has 1 heterocycles. The zero-order valence-corrected chi connectivity index (χ0v) is 16.2. The van der Waals surface area contributed by atoms with E-state index in [9.17, 15) is 4.79 Å². The molecule has 4 heteroatoms. The minimum absolute atomic E-state index is 0.0792. The van der Waals surface area contributed by atoms with Gasteiger partial charge in [-0.1, -0.05) is 55.3 Å². The molecular weight excluding hydrogens is 336 g/mol. The third kappa shape index (κ3) is 5.83. The van der Waals surface area contributed by atoms with E-state index in [0.717, 1.165) is 38.2 Å². The highest BCUT2D eigenvalue weighted by Crippen LogP contribution is 2.28. The smallest absolute Gasteiger partial charge is 0.221 e. The number of amides is 1. The zero-order valence-electron chi connectivity index (χ0n) is 16.2. The average Bonchev–Trinajstić information content (AvgIpc) is 2.74. The molecule has 4 nitrogen and oxygen atoms in total. The minimum Gasteiger partial charge on any atom is -0.497 e. The van der Waals surface area contributed by atoms with Gasteiger partial charge in [0.25, 0.3) is 0 Å². The SMILES string of the molecule is COc1cccc(CN2CCCCCCNC(=O)CC2c2ccccc2)c1. The highest BCUT2D eigenvalue weighted by atomic mass is 16.5. The second-order valence-electron chi connectivity index (χ2n) is 7.22. The molecule has 0 aromatic heterocycles. The van der Waals surface area contributed by atoms with Gasteiger partial charge in [-0.05, 0) is 42.6 Å². The van der Waals surface area contributed by atoms with E-state index in [2.05, 4.69) is 46.6 Å². The van der Waals surface area contributed by atoms with E-state index in [-0.39, 0.29) is 11.9 Å². The van der Waals surface area contributed by atoms with E-state index in [4.69, 9.17) is 4.74 Å². The lowest BCUT2D eigenvalue weighted by Crippen LogP contribution is -2.34. The third-order valence-corrected chi connectivity index (χ3v) is 5.22. The van der Waals surface area contributed by atoms with Crippen LogP contribution in [0.25, 0.3) is 0 Å². The summed E-state index contributed by atoms with van der Waals surface area (Å²) in [7, 11) is 1.70. The van der Waals surface area contributed by atoms with Gasteiger partial charge in [0.15, 0.2) is 0 Å². The molecule has 2 aromatic carbocycles. The molecule has 0 aliphatic carbocycles. The lowest BCUT2D eigenvalue weighted by Gasteiger charge is -2.32. The third-order valence-electron chi connectivity index (χ3n) is 5.22. The number of carbonyl (C=O) groups excluding carboxylic acids is 1. The Hall–Kier alpha value is -2.33. The second kappa shape index (κ2) is 10.1. The van der Waals surface area contributed by atoms with Gasteiger partial charge in [-0.25, -0.2) is 0 Å². The summed E-state index contributed by atoms with van der Waals surface area (Å²) >= 11 is 0. The van der Waals surface area contributed by atoms with Crippen molar-refractivity contribution in [1.82, 2.24) is 10.2 Å². The fourth-order valence-electron chi connectivity index (χ4n) is 3.75. The largest absolute Gasteiger partial charge is 0.497 e. The first-order valence-corrected chi connectivity index (χ1v) is 9.95. The molecule has 1 saturated heterocycles. The first-order chi connectivity index (χ1) is 13.3. The second-order valence-corrected chi connectivity index (χ2v) is 7.22. The first kappa shape index (κ1) is 19.4. The van der Waals surface area contributed by atoms with Crippen LogP contribution >= 0.6 is 0 Å². The van der Waals surface area contributed by atoms with Crippen molar-refractivity contribution in [2.45, 2.75) is 44.7 Å². The van der Waals surface area contributed by atoms with Crippen LogP contribution in [0.2, 0.25) is 0 Å². The zero-order chi connectivity index (χ0) is 18.9. The summed E-state index contributed by atoms with van der Waals surface area (Å²) in [5, 5.41) is 3.10. The maximum atomic E-state index is 12.5. The fraction of sp³-hybridized carbons (Fsp3) is 0.435. The van der Waals surface area contributed by atoms with Crippen LogP contribution in [-0.2, 0) is 11.3 Å². The molecule has 1 atom stereocenters. The number of hydrogen-bond donors (Lipinski definition) is 1. The van der Waals surface area contributed by atoms with Crippen LogP contribution in [0.4, 0.5) is 0 Å². The molecule has 1 amide bonds. The Labute approximate surface area is 162 Å². The molecule has 1 unspecified atom stereocenters. The summed E-state index contributed by atoms with van der Waals surface area (Å²) in [4.78, 5) is 15.0. The summed E-state index contributed by atoms with van der Waals surface area (Å²) in [5.74, 6) is 1.01. The van der Waals surface area contributed by atoms with Crippen LogP contribution in [0.5, 0.6) is 5.75 Å². The van der Waals surface area contributed by atoms with E-state index in [1.54, 1.807) is 7.11 Å². The molecule has 144 valence electrons. The monoisotopic (exact) mass is 366 g/mol. The Morgan fingerprint density at radius 2 is 1.85 bits per heavy atom. The van der Waals surface area contributed by atoms with Crippen molar-refractivity contribution in [1.29, 1.82) is 0 Å². The fourth-order valence-corrected chi connectivity index (χ4v) is 3.75. The van der Waals surface area contributed by atoms with Crippen molar-refractivity contribution in [3.63, 3.8) is 0 Å². The van der Waals surface area contributed by atoms with Crippen molar-refractivity contribution in [3.05, 3.63) is 65.7 Å². The van der Waals surface area contributed by atoms with Gasteiger partial charge in [0.1, 0.15) is 5.75 Å². The van der Waals surface area contributed by atoms with Crippen LogP contribution in [0.15, 0.2) is 54.6 Å². The average molecular weight is 367 g/mol. The molecule has 0 bridgehead atoms. The number of rotatable bonds is 4. The number of ether oxygens (including phenoxy) is 1. The van der Waals surface area contributed by atoms with Crippen LogP contribution < -0.4 is 10.1 Å². The minimum atomic E-state index is 0.0792. The van der Waals surface area contributed by atoms with Gasteiger partial charge in [0.2, 0.25) is 5.91 Å². The topological polar surface area (TPSA) is 41.6 Å². The lowest BCUT2D eigenvalue weighted by molar-refractivity contribution is -0.122. The van der Waals surface area contributed by atoms with Gasteiger partial charge in [-0.3, -0.25) is 9.69 Å². The standard InChI is InChI=1S/C23H30N2O2/c1-27-21-13-9-10-19(16-21)18-25-15-8-3-2-7-14-24-23(26)17-22(25)20-11-5-4-6-12-20/h4-6,9-13,16,22H,2-3,7-8,14-15,17-18H2,1H3,(H,24,26). The lowest BCUT2D eigenvalue weighted by atomic mass is 10.00. The highest BCUT2D eigenvalue weighted by molar-refractivity contribution is 5.76. The maximum Gasteiger partial charge on any atom is 0.221 e. The number of nitrogens with one attached hydrogen (secondary N) is 1. The van der Waals surface area contributed by atoms with Gasteiger partial charge in [-0.2, -0.15) is 0 Å². The molecule has 1 N–H and O–H groups in total. The van der Waals surface area contributed by atoms with Crippen LogP contribution in [0, 0.1) is 0 Å². The molecule has 0 spiro atoms. The molecule has 2 aromatic rings. The first-order valence-electron chi connectivity index (χ1n) is 9.95. The van der Waals surface area contributed by atoms with Gasteiger partial charge in [0, 0.05) is 25.6 Å². The van der Waals surface area contributed by atoms with Crippen LogP contribution in [-0.4, -0.2) is 31.0 Å². The number of hydrogen-bond acceptors (Lipinski definition) is 3. The molecule has 1 fully saturated rings. The van der Waals surface area contributed by atoms with Gasteiger partial charge < -0.3 is 10.1 Å². The Morgan fingerprint density at radius 3 is 2.67 bits per heavy atom. The quantitative estimate of drug-likeness (QED) is 0.876. The number of carbonyl (C=O) groups is 1. The molecule has 3 rings (SSSR count). The summed E-state index contributed by atoms with van der Waals surface area (Å²) < 4.78 is 5.39. The van der Waals surface area contributed by atoms with E-state index in [0.29, 0.717) is 6.42 Å². The van der Waals surface area contributed by atoms with E-state index in [1.807, 2.05) is 18.2 Å². The van der Waals surface area contributed by atoms with Crippen LogP contribution in [0.1, 0.15) is 49.3 Å². The number of benzene rings is 2. The summed E-state index contributed by atoms with van der Waals surface area (Å²) in [5.41, 5.74) is 2.42. The van der Waals surface area contributed by atoms with Crippen molar-refractivity contribution in [3.8, 4) is 5.75 Å². The summed E-state index contributed by atoms with van der Waals surface area (Å²) in [6, 6.07) is 18.7. The molecule has 27 heavy (non-hydrogen) atoms. The molecule has 1 aliphatic heterocycles. The Kier molecular flexibility index (Phi) is 7.28. The molecular formula is C23H30N2O2. The van der Waals surface area contributed by atoms with E-state index >= 15 is 0 Å². The number of methoxy groups -OCH3 is 1. The van der Waals surface area contributed by atoms with Gasteiger partial charge in [-0.15, -0.1) is 0 Å². The maximum absolute atomic E-state index is 12.5. The van der Waals surface area contributed by atoms with E-state index in [1.165, 1.54) is 24.0 Å². The predicted octanol–water partition coefficient (Wildman–Crippen LogP) is 4.32. The predicted molar refractivity (Wildman–Crippen MR) is 109 cm³/mol. The highest BCUT2D eigenvalue weighted by Gasteiger charge is 2.24. The van der Waals surface area contributed by atoms with E-state index < -0.39 is 0 Å². The van der Waals surface area contributed by atoms with Crippen molar-refractivity contribution in [2.24, 2.45) is 0 Å². The van der Waals surface area contributed by atoms with Crippen LogP contribution in [0.3, 0.4) is 0 Å². The van der Waals surface area contributed by atoms with Gasteiger partial charge in [0.05, 0.1) is 7.11 Å². The van der Waals surface area contributed by atoms with Crippen molar-refractivity contribution < 1.29 is 9.53 Å². The summed E-state index contributed by atoms with van der Waals surface area (Å²) in [6.45, 7) is 2.59. The molecule has 0 radical (unpaired) electrons. The molecule has 1 aliphatic rings. The number of nitrogens with zero attached hydrogens (tertiary/aromatic N) is 1. The Bertz CT molecular complexity index is 717. The van der Waals surface area contributed by atoms with Crippen molar-refractivity contribution >= 4 is 5.91 Å².